The quantitative estimate of drug-likeness (QED) is 0.234. The molecule has 7 nitrogen and oxygen atoms in total. The van der Waals surface area contributed by atoms with Gasteiger partial charge in [0.05, 0.1) is 4.92 Å². The first kappa shape index (κ1) is 8.82. The van der Waals surface area contributed by atoms with Gasteiger partial charge in [-0.15, -0.1) is 0 Å². The minimum absolute atomic E-state index is 0.0784. The summed E-state index contributed by atoms with van der Waals surface area (Å²) in [4.78, 5) is 16.5. The number of hydrogen-bond acceptors (Lipinski definition) is 4. The zero-order valence-electron chi connectivity index (χ0n) is 6.32. The van der Waals surface area contributed by atoms with Crippen LogP contribution in [-0.4, -0.2) is 4.92 Å². The molecule has 0 saturated carbocycles. The average Bonchev–Trinajstić information content (AvgIpc) is 2.15. The van der Waals surface area contributed by atoms with Crippen molar-refractivity contribution in [1.29, 1.82) is 0 Å². The number of benzene rings is 1. The lowest BCUT2D eigenvalue weighted by atomic mass is 10.3. The fourth-order valence-corrected chi connectivity index (χ4v) is 0.747. The Balaban J connectivity index is 3.04. The fraction of sp³-hybridized carbons (Fsp3) is 0. The molecule has 1 rings (SSSR count). The van der Waals surface area contributed by atoms with Crippen LogP contribution in [0.15, 0.2) is 29.5 Å². The average molecular weight is 180 g/mol. The molecule has 0 heterocycles. The van der Waals surface area contributed by atoms with Crippen molar-refractivity contribution in [2.24, 2.45) is 5.28 Å². The molecule has 0 saturated heterocycles. The smallest absolute Gasteiger partial charge is 0.312 e. The first-order chi connectivity index (χ1) is 6.25. The molecule has 0 aliphatic heterocycles. The lowest BCUT2D eigenvalue weighted by Gasteiger charge is -1.97. The van der Waals surface area contributed by atoms with Crippen molar-refractivity contribution in [2.45, 2.75) is 0 Å². The third-order valence-corrected chi connectivity index (χ3v) is 1.24. The topological polar surface area (TPSA) is 101 Å². The molecular weight excluding hydrogens is 176 g/mol. The molecule has 0 fully saturated rings. The number of hydrogen-bond donors (Lipinski definition) is 0. The summed E-state index contributed by atoms with van der Waals surface area (Å²) >= 11 is 0. The van der Waals surface area contributed by atoms with E-state index in [0.29, 0.717) is 0 Å². The zero-order chi connectivity index (χ0) is 9.68. The standard InChI is InChI=1S/C6H4N4O3/c7-8-9-13-6-4-2-1-3-5(6)10(11)12/h1-4H. The number of para-hydroxylation sites is 2. The third-order valence-electron chi connectivity index (χ3n) is 1.24. The van der Waals surface area contributed by atoms with Gasteiger partial charge in [0, 0.05) is 11.0 Å². The summed E-state index contributed by atoms with van der Waals surface area (Å²) in [5.41, 5.74) is 7.68. The highest BCUT2D eigenvalue weighted by Crippen LogP contribution is 2.25. The van der Waals surface area contributed by atoms with Crippen LogP contribution in [0.5, 0.6) is 5.75 Å². The van der Waals surface area contributed by atoms with Crippen LogP contribution in [-0.2, 0) is 0 Å². The first-order valence-electron chi connectivity index (χ1n) is 3.20. The monoisotopic (exact) mass is 180 g/mol. The first-order valence-corrected chi connectivity index (χ1v) is 3.20. The largest absolute Gasteiger partial charge is 0.387 e. The van der Waals surface area contributed by atoms with E-state index < -0.39 is 4.92 Å². The highest BCUT2D eigenvalue weighted by molar-refractivity contribution is 5.45. The molecule has 13 heavy (non-hydrogen) atoms. The number of azide groups is 1. The van der Waals surface area contributed by atoms with Crippen LogP contribution in [0.2, 0.25) is 0 Å². The summed E-state index contributed by atoms with van der Waals surface area (Å²) in [6, 6.07) is 5.62. The molecule has 0 amide bonds. The Morgan fingerprint density at radius 3 is 2.85 bits per heavy atom. The van der Waals surface area contributed by atoms with Crippen molar-refractivity contribution in [3.05, 3.63) is 44.8 Å². The maximum absolute atomic E-state index is 10.4. The van der Waals surface area contributed by atoms with Gasteiger partial charge in [-0.25, -0.2) is 0 Å². The van der Waals surface area contributed by atoms with Gasteiger partial charge in [0.15, 0.2) is 0 Å². The lowest BCUT2D eigenvalue weighted by Crippen LogP contribution is -1.91. The van der Waals surface area contributed by atoms with E-state index in [2.05, 4.69) is 15.0 Å². The summed E-state index contributed by atoms with van der Waals surface area (Å²) in [7, 11) is 0. The van der Waals surface area contributed by atoms with Gasteiger partial charge in [-0.05, 0) is 11.6 Å². The molecule has 0 N–H and O–H groups in total. The van der Waals surface area contributed by atoms with Gasteiger partial charge in [-0.1, -0.05) is 12.1 Å². The maximum Gasteiger partial charge on any atom is 0.312 e. The number of nitrogens with zero attached hydrogens (tertiary/aromatic N) is 4. The normalized spacial score (nSPS) is 8.62. The molecule has 0 aliphatic carbocycles. The Bertz CT molecular complexity index is 372. The van der Waals surface area contributed by atoms with E-state index in [0.717, 1.165) is 0 Å². The van der Waals surface area contributed by atoms with Crippen LogP contribution in [0.3, 0.4) is 0 Å². The lowest BCUT2D eigenvalue weighted by molar-refractivity contribution is -0.385. The summed E-state index contributed by atoms with van der Waals surface area (Å²) in [6.07, 6.45) is 0. The van der Waals surface area contributed by atoms with Crippen molar-refractivity contribution < 1.29 is 9.76 Å². The molecule has 0 aromatic heterocycles. The molecular formula is C6H4N4O3. The van der Waals surface area contributed by atoms with E-state index in [9.17, 15) is 10.1 Å². The minimum atomic E-state index is -0.623. The van der Waals surface area contributed by atoms with Gasteiger partial charge in [-0.3, -0.25) is 10.1 Å². The second-order valence-electron chi connectivity index (χ2n) is 1.99. The second kappa shape index (κ2) is 3.93. The van der Waals surface area contributed by atoms with Crippen molar-refractivity contribution in [3.63, 3.8) is 0 Å². The molecule has 0 atom stereocenters. The summed E-state index contributed by atoms with van der Waals surface area (Å²) < 4.78 is 0. The van der Waals surface area contributed by atoms with Crippen molar-refractivity contribution in [3.8, 4) is 5.75 Å². The Hall–Kier alpha value is -2.27. The van der Waals surface area contributed by atoms with Crippen LogP contribution in [0.25, 0.3) is 10.4 Å². The zero-order valence-corrected chi connectivity index (χ0v) is 6.32. The summed E-state index contributed by atoms with van der Waals surface area (Å²) in [6.45, 7) is 0. The molecule has 7 heteroatoms. The van der Waals surface area contributed by atoms with E-state index in [1.807, 2.05) is 0 Å². The summed E-state index contributed by atoms with van der Waals surface area (Å²) in [5.74, 6) is -0.0784. The SMILES string of the molecule is [N-]=[N+]=NOc1ccccc1[N+](=O)[O-]. The van der Waals surface area contributed by atoms with Crippen LogP contribution >= 0.6 is 0 Å². The van der Waals surface area contributed by atoms with Gasteiger partial charge in [0.2, 0.25) is 5.75 Å². The molecule has 0 aliphatic rings. The second-order valence-corrected chi connectivity index (χ2v) is 1.99. The van der Waals surface area contributed by atoms with Crippen LogP contribution in [0.4, 0.5) is 5.69 Å². The van der Waals surface area contributed by atoms with Gasteiger partial charge < -0.3 is 4.84 Å². The van der Waals surface area contributed by atoms with E-state index in [1.165, 1.54) is 24.3 Å². The summed E-state index contributed by atoms with van der Waals surface area (Å²) in [5, 5.41) is 13.1. The number of nitro groups is 1. The van der Waals surface area contributed by atoms with E-state index in [1.54, 1.807) is 0 Å². The van der Waals surface area contributed by atoms with Crippen LogP contribution in [0.1, 0.15) is 0 Å². The number of rotatable bonds is 3. The fourth-order valence-electron chi connectivity index (χ4n) is 0.747. The van der Waals surface area contributed by atoms with Gasteiger partial charge in [-0.2, -0.15) is 0 Å². The molecule has 0 bridgehead atoms. The Labute approximate surface area is 72.3 Å². The highest BCUT2D eigenvalue weighted by Gasteiger charge is 2.12. The van der Waals surface area contributed by atoms with Crippen molar-refractivity contribution >= 4 is 5.69 Å². The molecule has 0 unspecified atom stereocenters. The van der Waals surface area contributed by atoms with Gasteiger partial charge in [0.1, 0.15) is 5.28 Å². The molecule has 0 spiro atoms. The van der Waals surface area contributed by atoms with E-state index >= 15 is 0 Å². The Kier molecular flexibility index (Phi) is 2.67. The maximum atomic E-state index is 10.4. The minimum Gasteiger partial charge on any atom is -0.387 e. The molecule has 1 aromatic rings. The predicted molar refractivity (Wildman–Crippen MR) is 42.9 cm³/mol. The van der Waals surface area contributed by atoms with Gasteiger partial charge in [0.25, 0.3) is 0 Å². The molecule has 0 radical (unpaired) electrons. The Morgan fingerprint density at radius 1 is 1.54 bits per heavy atom. The van der Waals surface area contributed by atoms with Gasteiger partial charge >= 0.3 is 5.69 Å². The van der Waals surface area contributed by atoms with E-state index in [4.69, 9.17) is 5.53 Å². The third kappa shape index (κ3) is 2.08. The van der Waals surface area contributed by atoms with E-state index in [-0.39, 0.29) is 11.4 Å². The van der Waals surface area contributed by atoms with Crippen LogP contribution < -0.4 is 4.84 Å². The highest BCUT2D eigenvalue weighted by atomic mass is 16.7. The van der Waals surface area contributed by atoms with Crippen molar-refractivity contribution in [1.82, 2.24) is 0 Å². The van der Waals surface area contributed by atoms with Crippen LogP contribution in [0, 0.1) is 10.1 Å². The number of nitro benzene ring substituents is 1. The Morgan fingerprint density at radius 2 is 2.23 bits per heavy atom. The predicted octanol–water partition coefficient (Wildman–Crippen LogP) is 2.20. The molecule has 66 valence electrons. The van der Waals surface area contributed by atoms with Crippen molar-refractivity contribution in [2.75, 3.05) is 0 Å². The molecule has 1 aromatic carbocycles.